The van der Waals surface area contributed by atoms with Crippen molar-refractivity contribution in [2.24, 2.45) is 0 Å². The molecular formula is H22GaNO12. The van der Waals surface area contributed by atoms with Crippen LogP contribution in [0.15, 0.2) is 0 Å². The van der Waals surface area contributed by atoms with E-state index < -0.39 is 5.09 Å². The summed E-state index contributed by atoms with van der Waals surface area (Å²) < 4.78 is 0. The van der Waals surface area contributed by atoms with Crippen molar-refractivity contribution < 1.29 is 59.6 Å². The molecule has 0 fully saturated rings. The number of rotatable bonds is 0. The Kier molecular flexibility index (Phi) is 6550. The molecule has 0 amide bonds. The Balaban J connectivity index is -0.000000001000. The number of hydrogen-bond donors (Lipinski definition) is 1. The van der Waals surface area contributed by atoms with Gasteiger partial charge in [0, 0.05) is 0 Å². The Morgan fingerprint density at radius 1 is 0.714 bits per heavy atom. The SMILES string of the molecule is O.O.O.O.O.O.O.O.O.O=[N+]([O-])O.[GaH3]. The molecule has 0 rings (SSSR count). The van der Waals surface area contributed by atoms with Crippen LogP contribution in [0.2, 0.25) is 0 Å². The molecule has 102 valence electrons. The number of hydrogen-bond acceptors (Lipinski definition) is 2. The fourth-order valence-electron chi connectivity index (χ4n) is 0. The van der Waals surface area contributed by atoms with Crippen molar-refractivity contribution in [1.82, 2.24) is 0 Å². The topological polar surface area (TPSA) is 347 Å². The molecule has 0 unspecified atom stereocenters. The first-order chi connectivity index (χ1) is 1.73. The third-order valence-corrected chi connectivity index (χ3v) is 0. The average Bonchev–Trinajstić information content (AvgIpc) is 0.811. The van der Waals surface area contributed by atoms with Gasteiger partial charge in [-0.25, -0.2) is 0 Å². The molecule has 0 radical (unpaired) electrons. The molecule has 0 aromatic heterocycles. The first kappa shape index (κ1) is 342. The molecule has 13 nitrogen and oxygen atoms in total. The van der Waals surface area contributed by atoms with Crippen LogP contribution in [0.25, 0.3) is 0 Å². The summed E-state index contributed by atoms with van der Waals surface area (Å²) in [5.74, 6) is 0. The fraction of sp³-hybridized carbons (Fsp3) is 0. The van der Waals surface area contributed by atoms with Gasteiger partial charge in [0.1, 0.15) is 0 Å². The van der Waals surface area contributed by atoms with Crippen molar-refractivity contribution in [1.29, 1.82) is 0 Å². The molecule has 0 aromatic rings. The van der Waals surface area contributed by atoms with E-state index in [4.69, 9.17) is 15.3 Å². The van der Waals surface area contributed by atoms with Gasteiger partial charge in [-0.05, 0) is 0 Å². The van der Waals surface area contributed by atoms with Gasteiger partial charge in [0.2, 0.25) is 0 Å². The Hall–Kier alpha value is -0.524. The van der Waals surface area contributed by atoms with Crippen LogP contribution in [0.4, 0.5) is 0 Å². The predicted octanol–water partition coefficient (Wildman–Crippen LogP) is -8.95. The molecule has 0 heterocycles. The van der Waals surface area contributed by atoms with Crippen molar-refractivity contribution in [2.75, 3.05) is 0 Å². The zero-order valence-electron chi connectivity index (χ0n) is 6.21. The average molecular weight is 298 g/mol. The predicted molar refractivity (Wildman–Crippen MR) is 51.2 cm³/mol. The van der Waals surface area contributed by atoms with E-state index in [1.54, 1.807) is 0 Å². The van der Waals surface area contributed by atoms with E-state index in [-0.39, 0.29) is 69.1 Å². The summed E-state index contributed by atoms with van der Waals surface area (Å²) >= 11 is 0. The van der Waals surface area contributed by atoms with E-state index in [1.807, 2.05) is 0 Å². The third-order valence-electron chi connectivity index (χ3n) is 0. The Labute approximate surface area is 90.3 Å². The van der Waals surface area contributed by atoms with Gasteiger partial charge in [-0.3, -0.25) is 0 Å². The van der Waals surface area contributed by atoms with Gasteiger partial charge < -0.3 is 54.5 Å². The molecule has 0 aliphatic heterocycles. The normalized spacial score (nSPS) is 1.71. The minimum absolute atomic E-state index is 0. The summed E-state index contributed by atoms with van der Waals surface area (Å²) in [4.78, 5) is 8.36. The van der Waals surface area contributed by atoms with Gasteiger partial charge in [0.05, 0.1) is 0 Å². The monoisotopic (exact) mass is 297 g/mol. The molecule has 0 saturated carbocycles. The molecule has 0 bridgehead atoms. The Morgan fingerprint density at radius 2 is 0.714 bits per heavy atom. The van der Waals surface area contributed by atoms with Gasteiger partial charge in [-0.2, -0.15) is 0 Å². The van der Waals surface area contributed by atoms with Gasteiger partial charge in [-0.1, -0.05) is 0 Å². The fourth-order valence-corrected chi connectivity index (χ4v) is 0. The van der Waals surface area contributed by atoms with Crippen LogP contribution in [0, 0.1) is 10.1 Å². The van der Waals surface area contributed by atoms with Crippen LogP contribution in [0.1, 0.15) is 0 Å². The summed E-state index contributed by atoms with van der Waals surface area (Å²) in [7, 11) is 0. The van der Waals surface area contributed by atoms with Gasteiger partial charge in [0.25, 0.3) is 5.09 Å². The van der Waals surface area contributed by atoms with Gasteiger partial charge in [-0.15, -0.1) is 10.1 Å². The number of nitrogens with zero attached hydrogens (tertiary/aromatic N) is 1. The molecule has 0 aliphatic carbocycles. The van der Waals surface area contributed by atoms with Crippen LogP contribution >= 0.6 is 0 Å². The van der Waals surface area contributed by atoms with Crippen LogP contribution in [0.5, 0.6) is 0 Å². The van der Waals surface area contributed by atoms with E-state index in [0.717, 1.165) is 0 Å². The first-order valence-electron chi connectivity index (χ1n) is 0.565. The van der Waals surface area contributed by atoms with Crippen LogP contribution < -0.4 is 0 Å². The van der Waals surface area contributed by atoms with Gasteiger partial charge in [0.15, 0.2) is 0 Å². The summed E-state index contributed by atoms with van der Waals surface area (Å²) in [5, 5.41) is 13.6. The van der Waals surface area contributed by atoms with Crippen molar-refractivity contribution in [2.45, 2.75) is 0 Å². The molecule has 0 saturated heterocycles. The van der Waals surface area contributed by atoms with Crippen LogP contribution in [0.3, 0.4) is 0 Å². The third kappa shape index (κ3) is 4590. The maximum atomic E-state index is 8.36. The summed E-state index contributed by atoms with van der Waals surface area (Å²) in [6, 6.07) is 0. The van der Waals surface area contributed by atoms with Crippen molar-refractivity contribution in [3.63, 3.8) is 0 Å². The van der Waals surface area contributed by atoms with E-state index in [0.29, 0.717) is 0 Å². The summed E-state index contributed by atoms with van der Waals surface area (Å²) in [5.41, 5.74) is 0. The molecule has 19 N–H and O–H groups in total. The quantitative estimate of drug-likeness (QED) is 0.258. The molecule has 0 aromatic carbocycles. The molecule has 0 spiro atoms. The molecular weight excluding hydrogens is 276 g/mol. The Bertz CT molecular complexity index is 33.3. The molecule has 14 heteroatoms. The first-order valence-corrected chi connectivity index (χ1v) is 0.565. The zero-order chi connectivity index (χ0) is 3.58. The zero-order valence-corrected chi connectivity index (χ0v) is 6.21. The maximum absolute atomic E-state index is 8.36. The van der Waals surface area contributed by atoms with Crippen LogP contribution in [-0.2, 0) is 0 Å². The van der Waals surface area contributed by atoms with E-state index >= 15 is 0 Å². The summed E-state index contributed by atoms with van der Waals surface area (Å²) in [6.45, 7) is 0. The van der Waals surface area contributed by atoms with Crippen LogP contribution in [-0.4, -0.2) is 79.4 Å². The standard InChI is InChI=1S/Ga.HNO3.9H2O.3H/c;2-1(3)4;;;;;;;;;;;;/h;(H,2,3,4);9*1H2;;;. The van der Waals surface area contributed by atoms with Crippen molar-refractivity contribution in [3.8, 4) is 0 Å². The van der Waals surface area contributed by atoms with E-state index in [9.17, 15) is 0 Å². The second-order valence-electron chi connectivity index (χ2n) is 0.238. The minimum atomic E-state index is -1.50. The summed E-state index contributed by atoms with van der Waals surface area (Å²) in [6.07, 6.45) is 0. The molecule has 14 heavy (non-hydrogen) atoms. The van der Waals surface area contributed by atoms with E-state index in [1.165, 1.54) is 0 Å². The Morgan fingerprint density at radius 3 is 0.714 bits per heavy atom. The van der Waals surface area contributed by atoms with Gasteiger partial charge >= 0.3 is 19.8 Å². The second-order valence-corrected chi connectivity index (χ2v) is 0.238. The van der Waals surface area contributed by atoms with E-state index in [2.05, 4.69) is 0 Å². The second kappa shape index (κ2) is 268. The molecule has 0 atom stereocenters. The van der Waals surface area contributed by atoms with Crippen molar-refractivity contribution >= 4 is 19.8 Å². The van der Waals surface area contributed by atoms with Crippen molar-refractivity contribution in [3.05, 3.63) is 10.1 Å². The molecule has 0 aliphatic rings.